The van der Waals surface area contributed by atoms with Gasteiger partial charge in [0.1, 0.15) is 5.82 Å². The number of hydrogen-bond donors (Lipinski definition) is 1. The van der Waals surface area contributed by atoms with E-state index in [2.05, 4.69) is 5.32 Å². The molecule has 0 radical (unpaired) electrons. The summed E-state index contributed by atoms with van der Waals surface area (Å²) < 4.78 is 47.2. The van der Waals surface area contributed by atoms with Crippen LogP contribution in [0.1, 0.15) is 12.8 Å². The summed E-state index contributed by atoms with van der Waals surface area (Å²) in [6.07, 6.45) is 1.08. The summed E-state index contributed by atoms with van der Waals surface area (Å²) in [7, 11) is -0.0200. The topological polar surface area (TPSA) is 105 Å². The standard InChI is InChI=1S/C23H27FN4O5S/c1-26(2)12-13-28-20-14-18(7-10-21(20)33-23(28)30)25-22(29)16-4-3-11-27(15-16)34(31,32)19-8-5-17(24)6-9-19/h5-10,14,16H,3-4,11-13,15H2,1-2H3,(H,25,29). The van der Waals surface area contributed by atoms with Gasteiger partial charge < -0.3 is 14.6 Å². The van der Waals surface area contributed by atoms with Gasteiger partial charge in [0.2, 0.25) is 15.9 Å². The van der Waals surface area contributed by atoms with Crippen LogP contribution in [0.5, 0.6) is 0 Å². The van der Waals surface area contributed by atoms with Crippen molar-refractivity contribution in [1.82, 2.24) is 13.8 Å². The zero-order chi connectivity index (χ0) is 24.5. The van der Waals surface area contributed by atoms with Gasteiger partial charge in [-0.2, -0.15) is 4.31 Å². The zero-order valence-corrected chi connectivity index (χ0v) is 19.8. The maximum atomic E-state index is 13.2. The number of amides is 1. The van der Waals surface area contributed by atoms with Crippen molar-refractivity contribution in [3.8, 4) is 0 Å². The summed E-state index contributed by atoms with van der Waals surface area (Å²) >= 11 is 0. The first-order valence-corrected chi connectivity index (χ1v) is 12.4. The van der Waals surface area contributed by atoms with Crippen molar-refractivity contribution in [2.24, 2.45) is 5.92 Å². The van der Waals surface area contributed by atoms with Crippen LogP contribution >= 0.6 is 0 Å². The van der Waals surface area contributed by atoms with Crippen LogP contribution < -0.4 is 11.1 Å². The van der Waals surface area contributed by atoms with Crippen molar-refractivity contribution in [2.75, 3.05) is 39.0 Å². The molecular weight excluding hydrogens is 463 g/mol. The lowest BCUT2D eigenvalue weighted by Crippen LogP contribution is -2.43. The number of oxazole rings is 1. The molecule has 3 aromatic rings. The van der Waals surface area contributed by atoms with Crippen LogP contribution in [0.15, 0.2) is 56.6 Å². The predicted molar refractivity (Wildman–Crippen MR) is 126 cm³/mol. The Bertz CT molecular complexity index is 1350. The van der Waals surface area contributed by atoms with Gasteiger partial charge >= 0.3 is 5.76 Å². The lowest BCUT2D eigenvalue weighted by molar-refractivity contribution is -0.120. The second-order valence-corrected chi connectivity index (χ2v) is 10.6. The fraction of sp³-hybridized carbons (Fsp3) is 0.391. The summed E-state index contributed by atoms with van der Waals surface area (Å²) in [5.74, 6) is -1.82. The van der Waals surface area contributed by atoms with Gasteiger partial charge in [0.15, 0.2) is 5.58 Å². The van der Waals surface area contributed by atoms with Crippen molar-refractivity contribution >= 4 is 32.7 Å². The van der Waals surface area contributed by atoms with Gasteiger partial charge in [-0.15, -0.1) is 0 Å². The third kappa shape index (κ3) is 5.06. The quantitative estimate of drug-likeness (QED) is 0.545. The van der Waals surface area contributed by atoms with Crippen LogP contribution in [-0.2, 0) is 21.4 Å². The van der Waals surface area contributed by atoms with E-state index in [0.29, 0.717) is 49.3 Å². The van der Waals surface area contributed by atoms with Gasteiger partial charge in [0.25, 0.3) is 0 Å². The summed E-state index contributed by atoms with van der Waals surface area (Å²) in [4.78, 5) is 27.1. The summed E-state index contributed by atoms with van der Waals surface area (Å²) in [5.41, 5.74) is 1.50. The molecule has 1 aromatic heterocycles. The van der Waals surface area contributed by atoms with Gasteiger partial charge in [0, 0.05) is 31.9 Å². The molecule has 34 heavy (non-hydrogen) atoms. The third-order valence-corrected chi connectivity index (χ3v) is 7.79. The van der Waals surface area contributed by atoms with Crippen molar-refractivity contribution in [1.29, 1.82) is 0 Å². The van der Waals surface area contributed by atoms with Crippen molar-refractivity contribution in [2.45, 2.75) is 24.3 Å². The van der Waals surface area contributed by atoms with E-state index < -0.39 is 27.5 Å². The molecule has 9 nitrogen and oxygen atoms in total. The molecule has 0 saturated carbocycles. The first-order chi connectivity index (χ1) is 16.1. The lowest BCUT2D eigenvalue weighted by atomic mass is 9.98. The normalized spacial score (nSPS) is 17.4. The molecular formula is C23H27FN4O5S. The number of fused-ring (bicyclic) bond motifs is 1. The summed E-state index contributed by atoms with van der Waals surface area (Å²) in [6, 6.07) is 9.62. The highest BCUT2D eigenvalue weighted by atomic mass is 32.2. The Morgan fingerprint density at radius 1 is 1.21 bits per heavy atom. The molecule has 0 aliphatic carbocycles. The first kappa shape index (κ1) is 24.1. The number of piperidine rings is 1. The number of nitrogens with one attached hydrogen (secondary N) is 1. The molecule has 2 aromatic carbocycles. The van der Waals surface area contributed by atoms with E-state index >= 15 is 0 Å². The van der Waals surface area contributed by atoms with Crippen molar-refractivity contribution < 1.29 is 22.0 Å². The molecule has 1 atom stereocenters. The smallest absolute Gasteiger partial charge is 0.408 e. The SMILES string of the molecule is CN(C)CCn1c(=O)oc2ccc(NC(=O)C3CCCN(S(=O)(=O)c4ccc(F)cc4)C3)cc21. The maximum absolute atomic E-state index is 13.2. The summed E-state index contributed by atoms with van der Waals surface area (Å²) in [5, 5.41) is 2.85. The number of rotatable bonds is 7. The number of hydrogen-bond acceptors (Lipinski definition) is 6. The average molecular weight is 491 g/mol. The lowest BCUT2D eigenvalue weighted by Gasteiger charge is -2.31. The molecule has 0 bridgehead atoms. The number of halogens is 1. The van der Waals surface area contributed by atoms with E-state index in [1.165, 1.54) is 21.0 Å². The largest absolute Gasteiger partial charge is 0.419 e. The number of nitrogens with zero attached hydrogens (tertiary/aromatic N) is 3. The molecule has 11 heteroatoms. The monoisotopic (exact) mass is 490 g/mol. The van der Waals surface area contributed by atoms with Crippen molar-refractivity contribution in [3.05, 3.63) is 58.8 Å². The second-order valence-electron chi connectivity index (χ2n) is 8.65. The van der Waals surface area contributed by atoms with Crippen LogP contribution in [0.2, 0.25) is 0 Å². The Kier molecular flexibility index (Phi) is 6.87. The Balaban J connectivity index is 1.49. The highest BCUT2D eigenvalue weighted by Crippen LogP contribution is 2.26. The zero-order valence-electron chi connectivity index (χ0n) is 19.0. The van der Waals surface area contributed by atoms with E-state index in [9.17, 15) is 22.4 Å². The minimum Gasteiger partial charge on any atom is -0.408 e. The van der Waals surface area contributed by atoms with Crippen LogP contribution in [0, 0.1) is 11.7 Å². The van der Waals surface area contributed by atoms with Gasteiger partial charge in [-0.3, -0.25) is 9.36 Å². The summed E-state index contributed by atoms with van der Waals surface area (Å²) in [6.45, 7) is 1.41. The number of likely N-dealkylation sites (N-methyl/N-ethyl adjacent to an activating group) is 1. The Labute approximate surface area is 196 Å². The Hall–Kier alpha value is -3.02. The van der Waals surface area contributed by atoms with Gasteiger partial charge in [-0.1, -0.05) is 0 Å². The number of aromatic nitrogens is 1. The number of carbonyl (C=O) groups excluding carboxylic acids is 1. The van der Waals surface area contributed by atoms with Gasteiger partial charge in [-0.25, -0.2) is 17.6 Å². The third-order valence-electron chi connectivity index (χ3n) is 5.91. The molecule has 4 rings (SSSR count). The van der Waals surface area contributed by atoms with E-state index in [0.717, 1.165) is 12.1 Å². The molecule has 0 spiro atoms. The number of benzene rings is 2. The molecule has 1 aliphatic rings. The van der Waals surface area contributed by atoms with E-state index in [1.807, 2.05) is 19.0 Å². The fourth-order valence-electron chi connectivity index (χ4n) is 4.03. The van der Waals surface area contributed by atoms with Crippen LogP contribution in [0.25, 0.3) is 11.1 Å². The Morgan fingerprint density at radius 2 is 1.94 bits per heavy atom. The fourth-order valence-corrected chi connectivity index (χ4v) is 5.55. The minimum atomic E-state index is -3.83. The highest BCUT2D eigenvalue weighted by molar-refractivity contribution is 7.89. The molecule has 2 heterocycles. The molecule has 1 saturated heterocycles. The first-order valence-electron chi connectivity index (χ1n) is 11.0. The average Bonchev–Trinajstić information content (AvgIpc) is 3.12. The molecule has 1 fully saturated rings. The molecule has 1 unspecified atom stereocenters. The van der Waals surface area contributed by atoms with E-state index in [-0.39, 0.29) is 17.3 Å². The highest BCUT2D eigenvalue weighted by Gasteiger charge is 2.33. The predicted octanol–water partition coefficient (Wildman–Crippen LogP) is 2.33. The molecule has 1 aliphatic heterocycles. The van der Waals surface area contributed by atoms with Gasteiger partial charge in [-0.05, 0) is 69.4 Å². The second kappa shape index (κ2) is 9.69. The van der Waals surface area contributed by atoms with Crippen LogP contribution in [0.3, 0.4) is 0 Å². The maximum Gasteiger partial charge on any atom is 0.419 e. The molecule has 1 amide bonds. The van der Waals surface area contributed by atoms with Crippen molar-refractivity contribution in [3.63, 3.8) is 0 Å². The minimum absolute atomic E-state index is 0.00365. The molecule has 182 valence electrons. The Morgan fingerprint density at radius 3 is 2.65 bits per heavy atom. The van der Waals surface area contributed by atoms with Crippen LogP contribution in [0.4, 0.5) is 10.1 Å². The van der Waals surface area contributed by atoms with Crippen LogP contribution in [-0.4, -0.2) is 61.8 Å². The number of carbonyl (C=O) groups is 1. The van der Waals surface area contributed by atoms with Gasteiger partial charge in [0.05, 0.1) is 16.3 Å². The van der Waals surface area contributed by atoms with E-state index in [1.54, 1.807) is 18.2 Å². The van der Waals surface area contributed by atoms with E-state index in [4.69, 9.17) is 4.42 Å². The number of sulfonamides is 1. The molecule has 1 N–H and O–H groups in total. The number of anilines is 1.